The number of hydrogen-bond donors (Lipinski definition) is 2. The summed E-state index contributed by atoms with van der Waals surface area (Å²) in [6.07, 6.45) is -3.10. The molecular formula is C16H25F3N2O. The van der Waals surface area contributed by atoms with Crippen molar-refractivity contribution in [3.8, 4) is 5.75 Å². The van der Waals surface area contributed by atoms with Crippen molar-refractivity contribution in [2.45, 2.75) is 32.9 Å². The van der Waals surface area contributed by atoms with E-state index in [1.54, 1.807) is 0 Å². The molecule has 1 unspecified atom stereocenters. The minimum absolute atomic E-state index is 0.0774. The second-order valence-electron chi connectivity index (χ2n) is 5.58. The summed E-state index contributed by atoms with van der Waals surface area (Å²) in [6.45, 7) is 5.22. The van der Waals surface area contributed by atoms with Gasteiger partial charge in [-0.05, 0) is 61.5 Å². The molecule has 0 fully saturated rings. The smallest absolute Gasteiger partial charge is 0.416 e. The van der Waals surface area contributed by atoms with Crippen LogP contribution in [0.2, 0.25) is 0 Å². The van der Waals surface area contributed by atoms with Crippen LogP contribution in [0.4, 0.5) is 13.2 Å². The molecule has 0 aliphatic heterocycles. The molecule has 1 aromatic carbocycles. The molecule has 1 aromatic rings. The highest BCUT2D eigenvalue weighted by atomic mass is 19.4. The van der Waals surface area contributed by atoms with Gasteiger partial charge in [-0.2, -0.15) is 13.2 Å². The first kappa shape index (κ1) is 18.8. The van der Waals surface area contributed by atoms with E-state index in [4.69, 9.17) is 16.2 Å². The molecule has 0 aromatic heterocycles. The Morgan fingerprint density at radius 2 is 1.82 bits per heavy atom. The Morgan fingerprint density at radius 1 is 1.18 bits per heavy atom. The van der Waals surface area contributed by atoms with Gasteiger partial charge in [-0.1, -0.05) is 13.8 Å². The molecule has 0 bridgehead atoms. The minimum Gasteiger partial charge on any atom is -0.493 e. The Bertz CT molecular complexity index is 459. The average molecular weight is 318 g/mol. The van der Waals surface area contributed by atoms with Crippen molar-refractivity contribution < 1.29 is 17.9 Å². The summed E-state index contributed by atoms with van der Waals surface area (Å²) in [5.74, 6) is 0.672. The summed E-state index contributed by atoms with van der Waals surface area (Å²) in [5, 5.41) is 0. The summed E-state index contributed by atoms with van der Waals surface area (Å²) in [5.41, 5.74) is 11.2. The van der Waals surface area contributed by atoms with Gasteiger partial charge in [0.15, 0.2) is 0 Å². The van der Waals surface area contributed by atoms with Crippen LogP contribution in [0, 0.1) is 11.8 Å². The van der Waals surface area contributed by atoms with Crippen LogP contribution in [0.25, 0.3) is 0 Å². The molecule has 0 aliphatic rings. The Balaban J connectivity index is 3.05. The zero-order valence-corrected chi connectivity index (χ0v) is 13.1. The van der Waals surface area contributed by atoms with Gasteiger partial charge < -0.3 is 16.2 Å². The first-order valence-corrected chi connectivity index (χ1v) is 7.56. The Kier molecular flexibility index (Phi) is 7.16. The molecule has 0 saturated heterocycles. The van der Waals surface area contributed by atoms with Crippen LogP contribution in [0.1, 0.15) is 31.4 Å². The fraction of sp³-hybridized carbons (Fsp3) is 0.625. The van der Waals surface area contributed by atoms with Gasteiger partial charge in [0.25, 0.3) is 0 Å². The van der Waals surface area contributed by atoms with Crippen molar-refractivity contribution in [1.82, 2.24) is 0 Å². The molecule has 0 saturated carbocycles. The highest BCUT2D eigenvalue weighted by Crippen LogP contribution is 2.34. The second kappa shape index (κ2) is 8.39. The zero-order valence-electron chi connectivity index (χ0n) is 13.1. The summed E-state index contributed by atoms with van der Waals surface area (Å²) in [4.78, 5) is 0. The van der Waals surface area contributed by atoms with Crippen LogP contribution in [0.3, 0.4) is 0 Å². The van der Waals surface area contributed by atoms with Crippen LogP contribution in [-0.2, 0) is 12.6 Å². The van der Waals surface area contributed by atoms with E-state index in [-0.39, 0.29) is 11.8 Å². The Morgan fingerprint density at radius 3 is 2.32 bits per heavy atom. The molecule has 1 atom stereocenters. The second-order valence-corrected chi connectivity index (χ2v) is 5.58. The monoisotopic (exact) mass is 318 g/mol. The predicted molar refractivity (Wildman–Crippen MR) is 81.7 cm³/mol. The largest absolute Gasteiger partial charge is 0.493 e. The number of ether oxygens (including phenoxy) is 1. The van der Waals surface area contributed by atoms with Gasteiger partial charge in [0.2, 0.25) is 0 Å². The van der Waals surface area contributed by atoms with Crippen molar-refractivity contribution in [3.05, 3.63) is 29.3 Å². The molecule has 0 spiro atoms. The number of halogens is 3. The van der Waals surface area contributed by atoms with E-state index in [9.17, 15) is 13.2 Å². The molecule has 6 heteroatoms. The van der Waals surface area contributed by atoms with Crippen molar-refractivity contribution in [2.24, 2.45) is 23.3 Å². The highest BCUT2D eigenvalue weighted by Gasteiger charge is 2.31. The summed E-state index contributed by atoms with van der Waals surface area (Å²) in [7, 11) is 0. The van der Waals surface area contributed by atoms with Crippen LogP contribution in [-0.4, -0.2) is 19.7 Å². The van der Waals surface area contributed by atoms with Gasteiger partial charge in [-0.15, -0.1) is 0 Å². The third kappa shape index (κ3) is 5.18. The Labute approximate surface area is 129 Å². The van der Waals surface area contributed by atoms with Gasteiger partial charge in [-0.25, -0.2) is 0 Å². The predicted octanol–water partition coefficient (Wildman–Crippen LogP) is 3.21. The van der Waals surface area contributed by atoms with Crippen molar-refractivity contribution in [1.29, 1.82) is 0 Å². The van der Waals surface area contributed by atoms with Crippen LogP contribution < -0.4 is 16.2 Å². The third-order valence-corrected chi connectivity index (χ3v) is 3.80. The van der Waals surface area contributed by atoms with Gasteiger partial charge >= 0.3 is 6.18 Å². The first-order valence-electron chi connectivity index (χ1n) is 7.56. The standard InChI is InChI=1S/C16H25F3N2O/c1-3-6-22-15-5-4-14(16(17,18)19)8-12(15)7-11(2)13(9-20)10-21/h4-5,8,11,13H,3,6-7,9-10,20-21H2,1-2H3. The number of benzene rings is 1. The first-order chi connectivity index (χ1) is 10.3. The van der Waals surface area contributed by atoms with Crippen LogP contribution in [0.15, 0.2) is 18.2 Å². The maximum absolute atomic E-state index is 12.9. The fourth-order valence-corrected chi connectivity index (χ4v) is 2.34. The lowest BCUT2D eigenvalue weighted by molar-refractivity contribution is -0.137. The zero-order chi connectivity index (χ0) is 16.8. The lowest BCUT2D eigenvalue weighted by atomic mass is 9.87. The molecule has 0 heterocycles. The maximum Gasteiger partial charge on any atom is 0.416 e. The lowest BCUT2D eigenvalue weighted by Gasteiger charge is -2.23. The summed E-state index contributed by atoms with van der Waals surface area (Å²) < 4.78 is 44.3. The molecule has 0 radical (unpaired) electrons. The number of alkyl halides is 3. The summed E-state index contributed by atoms with van der Waals surface area (Å²) >= 11 is 0. The van der Waals surface area contributed by atoms with Crippen molar-refractivity contribution >= 4 is 0 Å². The Hall–Kier alpha value is -1.27. The average Bonchev–Trinajstić information content (AvgIpc) is 2.46. The number of rotatable bonds is 8. The number of nitrogens with two attached hydrogens (primary N) is 2. The normalized spacial score (nSPS) is 13.5. The SMILES string of the molecule is CCCOc1ccc(C(F)(F)F)cc1CC(C)C(CN)CN. The molecule has 0 aliphatic carbocycles. The van der Waals surface area contributed by atoms with E-state index in [1.165, 1.54) is 12.1 Å². The van der Waals surface area contributed by atoms with E-state index >= 15 is 0 Å². The third-order valence-electron chi connectivity index (χ3n) is 3.80. The van der Waals surface area contributed by atoms with Gasteiger partial charge in [0.1, 0.15) is 5.75 Å². The van der Waals surface area contributed by atoms with Gasteiger partial charge in [-0.3, -0.25) is 0 Å². The number of hydrogen-bond acceptors (Lipinski definition) is 3. The van der Waals surface area contributed by atoms with Crippen molar-refractivity contribution in [3.63, 3.8) is 0 Å². The van der Waals surface area contributed by atoms with E-state index < -0.39 is 11.7 Å². The molecule has 4 N–H and O–H groups in total. The van der Waals surface area contributed by atoms with Crippen LogP contribution >= 0.6 is 0 Å². The lowest BCUT2D eigenvalue weighted by Crippen LogP contribution is -2.30. The quantitative estimate of drug-likeness (QED) is 0.774. The van der Waals surface area contributed by atoms with Crippen molar-refractivity contribution in [2.75, 3.05) is 19.7 Å². The fourth-order valence-electron chi connectivity index (χ4n) is 2.34. The molecule has 1 rings (SSSR count). The van der Waals surface area contributed by atoms with Gasteiger partial charge in [0, 0.05) is 0 Å². The van der Waals surface area contributed by atoms with E-state index in [0.29, 0.717) is 37.4 Å². The molecule has 0 amide bonds. The molecular weight excluding hydrogens is 293 g/mol. The molecule has 126 valence electrons. The molecule has 3 nitrogen and oxygen atoms in total. The maximum atomic E-state index is 12.9. The van der Waals surface area contributed by atoms with E-state index in [0.717, 1.165) is 12.5 Å². The minimum atomic E-state index is -4.36. The summed E-state index contributed by atoms with van der Waals surface area (Å²) in [6, 6.07) is 3.63. The molecule has 22 heavy (non-hydrogen) atoms. The van der Waals surface area contributed by atoms with Crippen LogP contribution in [0.5, 0.6) is 5.75 Å². The van der Waals surface area contributed by atoms with Gasteiger partial charge in [0.05, 0.1) is 12.2 Å². The topological polar surface area (TPSA) is 61.3 Å². The highest BCUT2D eigenvalue weighted by molar-refractivity contribution is 5.38. The van der Waals surface area contributed by atoms with E-state index in [1.807, 2.05) is 13.8 Å². The van der Waals surface area contributed by atoms with E-state index in [2.05, 4.69) is 0 Å².